The van der Waals surface area contributed by atoms with Crippen LogP contribution >= 0.6 is 0 Å². The van der Waals surface area contributed by atoms with E-state index < -0.39 is 0 Å². The molecule has 2 aromatic carbocycles. The Labute approximate surface area is 122 Å². The number of amides is 1. The van der Waals surface area contributed by atoms with E-state index in [1.165, 1.54) is 18.2 Å². The molecule has 0 atom stereocenters. The third-order valence-corrected chi connectivity index (χ3v) is 2.94. The fourth-order valence-corrected chi connectivity index (χ4v) is 1.84. The Morgan fingerprint density at radius 1 is 1.05 bits per heavy atom. The highest BCUT2D eigenvalue weighted by atomic mass is 19.1. The monoisotopic (exact) mass is 290 g/mol. The molecule has 3 nitrogen and oxygen atoms in total. The Bertz CT molecular complexity index is 617. The predicted molar refractivity (Wildman–Crippen MR) is 77.8 cm³/mol. The van der Waals surface area contributed by atoms with Crippen LogP contribution in [0.15, 0.2) is 48.5 Å². The number of benzene rings is 2. The summed E-state index contributed by atoms with van der Waals surface area (Å²) >= 11 is 0. The summed E-state index contributed by atoms with van der Waals surface area (Å²) in [5.74, 6) is -0.859. The Morgan fingerprint density at radius 3 is 2.62 bits per heavy atom. The molecule has 0 aliphatic carbocycles. The van der Waals surface area contributed by atoms with Gasteiger partial charge in [-0.25, -0.2) is 8.78 Å². The molecule has 0 bridgehead atoms. The molecule has 0 heterocycles. The van der Waals surface area contributed by atoms with Crippen molar-refractivity contribution >= 4 is 11.6 Å². The standard InChI is InChI=1S/C16H16F2N2O/c17-13-5-3-6-14(10-13)19-9-8-16(21)20-11-12-4-1-2-7-15(12)18/h1-7,10,19H,8-9,11H2,(H,20,21). The molecule has 2 N–H and O–H groups in total. The molecule has 0 aliphatic heterocycles. The van der Waals surface area contributed by atoms with Crippen LogP contribution in [0.2, 0.25) is 0 Å². The van der Waals surface area contributed by atoms with Gasteiger partial charge in [0.2, 0.25) is 5.91 Å². The zero-order valence-corrected chi connectivity index (χ0v) is 11.4. The summed E-state index contributed by atoms with van der Waals surface area (Å²) in [6.07, 6.45) is 0.227. The first-order valence-corrected chi connectivity index (χ1v) is 6.65. The van der Waals surface area contributed by atoms with Crippen molar-refractivity contribution in [2.75, 3.05) is 11.9 Å². The second-order valence-electron chi connectivity index (χ2n) is 4.56. The quantitative estimate of drug-likeness (QED) is 0.858. The van der Waals surface area contributed by atoms with Crippen LogP contribution in [0.3, 0.4) is 0 Å². The van der Waals surface area contributed by atoms with Gasteiger partial charge in [-0.1, -0.05) is 24.3 Å². The number of carbonyl (C=O) groups is 1. The highest BCUT2D eigenvalue weighted by molar-refractivity contribution is 5.76. The van der Waals surface area contributed by atoms with Gasteiger partial charge in [0.05, 0.1) is 0 Å². The summed E-state index contributed by atoms with van der Waals surface area (Å²) in [6.45, 7) is 0.540. The molecule has 0 radical (unpaired) electrons. The highest BCUT2D eigenvalue weighted by Crippen LogP contribution is 2.09. The second-order valence-corrected chi connectivity index (χ2v) is 4.56. The van der Waals surface area contributed by atoms with Crippen molar-refractivity contribution in [1.29, 1.82) is 0 Å². The summed E-state index contributed by atoms with van der Waals surface area (Å²) in [4.78, 5) is 11.6. The minimum Gasteiger partial charge on any atom is -0.384 e. The SMILES string of the molecule is O=C(CCNc1cccc(F)c1)NCc1ccccc1F. The molecule has 0 aliphatic rings. The van der Waals surface area contributed by atoms with E-state index in [9.17, 15) is 13.6 Å². The Kier molecular flexibility index (Phi) is 5.26. The molecule has 2 aromatic rings. The lowest BCUT2D eigenvalue weighted by Gasteiger charge is -2.08. The lowest BCUT2D eigenvalue weighted by Crippen LogP contribution is -2.25. The topological polar surface area (TPSA) is 41.1 Å². The Morgan fingerprint density at radius 2 is 1.86 bits per heavy atom. The molecule has 0 saturated heterocycles. The van der Waals surface area contributed by atoms with Crippen molar-refractivity contribution in [3.8, 4) is 0 Å². The third-order valence-electron chi connectivity index (χ3n) is 2.94. The van der Waals surface area contributed by atoms with Gasteiger partial charge in [0.15, 0.2) is 0 Å². The van der Waals surface area contributed by atoms with Gasteiger partial charge in [0.25, 0.3) is 0 Å². The average molecular weight is 290 g/mol. The van der Waals surface area contributed by atoms with E-state index in [1.807, 2.05) is 0 Å². The number of carbonyl (C=O) groups excluding carboxylic acids is 1. The maximum Gasteiger partial charge on any atom is 0.222 e. The molecule has 0 aromatic heterocycles. The van der Waals surface area contributed by atoms with Crippen LogP contribution in [0.25, 0.3) is 0 Å². The number of hydrogen-bond donors (Lipinski definition) is 2. The van der Waals surface area contributed by atoms with Crippen molar-refractivity contribution in [1.82, 2.24) is 5.32 Å². The first-order chi connectivity index (χ1) is 10.1. The molecule has 0 spiro atoms. The molecule has 21 heavy (non-hydrogen) atoms. The number of rotatable bonds is 6. The molecule has 0 unspecified atom stereocenters. The van der Waals surface area contributed by atoms with E-state index in [1.54, 1.807) is 30.3 Å². The highest BCUT2D eigenvalue weighted by Gasteiger charge is 2.04. The maximum absolute atomic E-state index is 13.4. The first-order valence-electron chi connectivity index (χ1n) is 6.65. The summed E-state index contributed by atoms with van der Waals surface area (Å²) in [7, 11) is 0. The van der Waals surface area contributed by atoms with Crippen molar-refractivity contribution in [2.45, 2.75) is 13.0 Å². The van der Waals surface area contributed by atoms with Gasteiger partial charge in [0, 0.05) is 30.8 Å². The molecule has 1 amide bonds. The molecular formula is C16H16F2N2O. The fourth-order valence-electron chi connectivity index (χ4n) is 1.84. The van der Waals surface area contributed by atoms with Crippen LogP contribution in [0, 0.1) is 11.6 Å². The first kappa shape index (κ1) is 15.0. The van der Waals surface area contributed by atoms with E-state index in [0.717, 1.165) is 0 Å². The third kappa shape index (κ3) is 4.87. The van der Waals surface area contributed by atoms with Gasteiger partial charge in [0.1, 0.15) is 11.6 Å². The van der Waals surface area contributed by atoms with Crippen LogP contribution in [-0.2, 0) is 11.3 Å². The summed E-state index contributed by atoms with van der Waals surface area (Å²) in [6, 6.07) is 12.3. The minimum absolute atomic E-state index is 0.158. The number of halogens is 2. The van der Waals surface area contributed by atoms with E-state index in [2.05, 4.69) is 10.6 Å². The molecular weight excluding hydrogens is 274 g/mol. The normalized spacial score (nSPS) is 10.2. The minimum atomic E-state index is -0.337. The molecule has 0 saturated carbocycles. The Hall–Kier alpha value is -2.43. The van der Waals surface area contributed by atoms with E-state index in [4.69, 9.17) is 0 Å². The predicted octanol–water partition coefficient (Wildman–Crippen LogP) is 3.08. The second kappa shape index (κ2) is 7.38. The molecule has 2 rings (SSSR count). The number of nitrogens with one attached hydrogen (secondary N) is 2. The van der Waals surface area contributed by atoms with Crippen molar-refractivity contribution in [3.05, 3.63) is 65.7 Å². The van der Waals surface area contributed by atoms with Crippen LogP contribution in [0.1, 0.15) is 12.0 Å². The van der Waals surface area contributed by atoms with E-state index >= 15 is 0 Å². The van der Waals surface area contributed by atoms with Gasteiger partial charge in [-0.15, -0.1) is 0 Å². The van der Waals surface area contributed by atoms with Gasteiger partial charge < -0.3 is 10.6 Å². The summed E-state index contributed by atoms with van der Waals surface area (Å²) < 4.78 is 26.3. The van der Waals surface area contributed by atoms with Gasteiger partial charge >= 0.3 is 0 Å². The van der Waals surface area contributed by atoms with E-state index in [-0.39, 0.29) is 30.5 Å². The van der Waals surface area contributed by atoms with Gasteiger partial charge in [-0.2, -0.15) is 0 Å². The average Bonchev–Trinajstić information content (AvgIpc) is 2.46. The van der Waals surface area contributed by atoms with Crippen molar-refractivity contribution in [2.24, 2.45) is 0 Å². The zero-order valence-electron chi connectivity index (χ0n) is 11.4. The van der Waals surface area contributed by atoms with Crippen LogP contribution in [0.4, 0.5) is 14.5 Å². The zero-order chi connectivity index (χ0) is 15.1. The largest absolute Gasteiger partial charge is 0.384 e. The fraction of sp³-hybridized carbons (Fsp3) is 0.188. The van der Waals surface area contributed by atoms with Crippen LogP contribution in [-0.4, -0.2) is 12.5 Å². The number of hydrogen-bond acceptors (Lipinski definition) is 2. The molecule has 0 fully saturated rings. The lowest BCUT2D eigenvalue weighted by atomic mass is 10.2. The van der Waals surface area contributed by atoms with Crippen molar-refractivity contribution < 1.29 is 13.6 Å². The maximum atomic E-state index is 13.4. The van der Waals surface area contributed by atoms with Crippen LogP contribution < -0.4 is 10.6 Å². The lowest BCUT2D eigenvalue weighted by molar-refractivity contribution is -0.121. The van der Waals surface area contributed by atoms with Gasteiger partial charge in [-0.3, -0.25) is 4.79 Å². The summed E-state index contributed by atoms with van der Waals surface area (Å²) in [5, 5.41) is 5.60. The molecule has 5 heteroatoms. The van der Waals surface area contributed by atoms with Crippen LogP contribution in [0.5, 0.6) is 0 Å². The molecule has 110 valence electrons. The smallest absolute Gasteiger partial charge is 0.222 e. The Balaban J connectivity index is 1.72. The summed E-state index contributed by atoms with van der Waals surface area (Å²) in [5.41, 5.74) is 1.07. The van der Waals surface area contributed by atoms with E-state index in [0.29, 0.717) is 17.8 Å². The van der Waals surface area contributed by atoms with Crippen molar-refractivity contribution in [3.63, 3.8) is 0 Å². The van der Waals surface area contributed by atoms with Gasteiger partial charge in [-0.05, 0) is 24.3 Å². The number of anilines is 1.